The van der Waals surface area contributed by atoms with E-state index in [0.29, 0.717) is 22.2 Å². The van der Waals surface area contributed by atoms with Gasteiger partial charge in [0, 0.05) is 12.1 Å². The van der Waals surface area contributed by atoms with Crippen molar-refractivity contribution in [3.8, 4) is 0 Å². The van der Waals surface area contributed by atoms with Crippen molar-refractivity contribution in [1.82, 2.24) is 15.1 Å². The lowest BCUT2D eigenvalue weighted by molar-refractivity contribution is -0.136. The van der Waals surface area contributed by atoms with Crippen molar-refractivity contribution in [3.05, 3.63) is 5.01 Å². The highest BCUT2D eigenvalue weighted by Gasteiger charge is 2.32. The normalized spacial score (nSPS) is 19.5. The molecule has 0 radical (unpaired) electrons. The zero-order chi connectivity index (χ0) is 17.6. The van der Waals surface area contributed by atoms with Crippen molar-refractivity contribution < 1.29 is 14.7 Å². The molecule has 0 aliphatic heterocycles. The van der Waals surface area contributed by atoms with E-state index in [-0.39, 0.29) is 12.5 Å². The molecule has 1 aromatic rings. The van der Waals surface area contributed by atoms with Crippen molar-refractivity contribution >= 4 is 28.5 Å². The van der Waals surface area contributed by atoms with Crippen molar-refractivity contribution in [1.29, 1.82) is 0 Å². The van der Waals surface area contributed by atoms with Gasteiger partial charge in [-0.3, -0.25) is 10.1 Å². The SMILES string of the molecule is O=C(O)Cc1nnc(NC(=O)N(C2CCCCC2)C2CCCCC2)s1. The number of rotatable bonds is 5. The third-order valence-corrected chi connectivity index (χ3v) is 5.99. The summed E-state index contributed by atoms with van der Waals surface area (Å²) in [4.78, 5) is 25.8. The van der Waals surface area contributed by atoms with Crippen LogP contribution in [0.1, 0.15) is 69.2 Å². The van der Waals surface area contributed by atoms with Gasteiger partial charge in [-0.1, -0.05) is 49.9 Å². The summed E-state index contributed by atoms with van der Waals surface area (Å²) in [5, 5.41) is 20.3. The summed E-state index contributed by atoms with van der Waals surface area (Å²) < 4.78 is 0. The quantitative estimate of drug-likeness (QED) is 0.829. The van der Waals surface area contributed by atoms with E-state index in [0.717, 1.165) is 37.0 Å². The Labute approximate surface area is 151 Å². The van der Waals surface area contributed by atoms with Crippen LogP contribution < -0.4 is 5.32 Å². The van der Waals surface area contributed by atoms with Crippen molar-refractivity contribution in [2.24, 2.45) is 0 Å². The van der Waals surface area contributed by atoms with Gasteiger partial charge in [0.2, 0.25) is 5.13 Å². The topological polar surface area (TPSA) is 95.4 Å². The first-order valence-electron chi connectivity index (χ1n) is 9.27. The van der Waals surface area contributed by atoms with E-state index in [1.54, 1.807) is 0 Å². The summed E-state index contributed by atoms with van der Waals surface area (Å²) in [5.41, 5.74) is 0. The number of anilines is 1. The molecule has 8 heteroatoms. The third kappa shape index (κ3) is 4.90. The molecule has 2 aliphatic rings. The molecular formula is C17H26N4O3S. The van der Waals surface area contributed by atoms with Gasteiger partial charge < -0.3 is 10.0 Å². The highest BCUT2D eigenvalue weighted by Crippen LogP contribution is 2.31. The average Bonchev–Trinajstić information content (AvgIpc) is 3.03. The standard InChI is InChI=1S/C17H26N4O3S/c22-15(23)11-14-19-20-16(25-14)18-17(24)21(12-7-3-1-4-8-12)13-9-5-2-6-10-13/h12-13H,1-11H2,(H,22,23)(H,18,20,24). The minimum absolute atomic E-state index is 0.100. The summed E-state index contributed by atoms with van der Waals surface area (Å²) in [6.07, 6.45) is 11.4. The molecule has 0 saturated heterocycles. The van der Waals surface area contributed by atoms with Crippen LogP contribution in [0.3, 0.4) is 0 Å². The van der Waals surface area contributed by atoms with Crippen molar-refractivity contribution in [2.45, 2.75) is 82.7 Å². The van der Waals surface area contributed by atoms with Crippen molar-refractivity contribution in [3.63, 3.8) is 0 Å². The number of carboxylic acids is 1. The van der Waals surface area contributed by atoms with Gasteiger partial charge in [0.1, 0.15) is 5.01 Å². The molecule has 2 N–H and O–H groups in total. The van der Waals surface area contributed by atoms with Crippen LogP contribution in [0.15, 0.2) is 0 Å². The molecule has 2 saturated carbocycles. The zero-order valence-electron chi connectivity index (χ0n) is 14.4. The maximum atomic E-state index is 13.0. The maximum absolute atomic E-state index is 13.0. The molecule has 0 unspecified atom stereocenters. The highest BCUT2D eigenvalue weighted by atomic mass is 32.1. The second-order valence-corrected chi connectivity index (χ2v) is 8.05. The van der Waals surface area contributed by atoms with Gasteiger partial charge in [-0.15, -0.1) is 10.2 Å². The molecule has 0 spiro atoms. The Hall–Kier alpha value is -1.70. The Morgan fingerprint density at radius 1 is 1.00 bits per heavy atom. The summed E-state index contributed by atoms with van der Waals surface area (Å²) in [6.45, 7) is 0. The third-order valence-electron chi connectivity index (χ3n) is 5.15. The van der Waals surface area contributed by atoms with Crippen LogP contribution in [-0.4, -0.2) is 44.3 Å². The molecule has 2 fully saturated rings. The Morgan fingerprint density at radius 2 is 1.56 bits per heavy atom. The van der Waals surface area contributed by atoms with Gasteiger partial charge in [0.25, 0.3) is 0 Å². The van der Waals surface area contributed by atoms with Gasteiger partial charge >= 0.3 is 12.0 Å². The minimum atomic E-state index is -0.944. The largest absolute Gasteiger partial charge is 0.481 e. The first kappa shape index (κ1) is 18.1. The number of hydrogen-bond donors (Lipinski definition) is 2. The maximum Gasteiger partial charge on any atom is 0.324 e. The fraction of sp³-hybridized carbons (Fsp3) is 0.765. The number of amides is 2. The number of carboxylic acid groups (broad SMARTS) is 1. The molecule has 0 bridgehead atoms. The van der Waals surface area contributed by atoms with Crippen LogP contribution in [0.25, 0.3) is 0 Å². The predicted molar refractivity (Wildman–Crippen MR) is 95.9 cm³/mol. The van der Waals surface area contributed by atoms with Crippen LogP contribution in [0, 0.1) is 0 Å². The molecule has 1 aromatic heterocycles. The van der Waals surface area contributed by atoms with E-state index in [4.69, 9.17) is 5.11 Å². The van der Waals surface area contributed by atoms with E-state index in [9.17, 15) is 9.59 Å². The molecular weight excluding hydrogens is 340 g/mol. The van der Waals surface area contributed by atoms with Crippen LogP contribution in [0.2, 0.25) is 0 Å². The van der Waals surface area contributed by atoms with Crippen LogP contribution >= 0.6 is 11.3 Å². The molecule has 138 valence electrons. The van der Waals surface area contributed by atoms with Gasteiger partial charge in [0.15, 0.2) is 0 Å². The molecule has 0 atom stereocenters. The van der Waals surface area contributed by atoms with Crippen LogP contribution in [-0.2, 0) is 11.2 Å². The Balaban J connectivity index is 1.69. The number of nitrogens with one attached hydrogen (secondary N) is 1. The Bertz CT molecular complexity index is 576. The average molecular weight is 366 g/mol. The molecule has 1 heterocycles. The summed E-state index contributed by atoms with van der Waals surface area (Å²) in [7, 11) is 0. The fourth-order valence-electron chi connectivity index (χ4n) is 4.01. The number of carbonyl (C=O) groups excluding carboxylic acids is 1. The predicted octanol–water partition coefficient (Wildman–Crippen LogP) is 3.66. The second kappa shape index (κ2) is 8.60. The molecule has 2 aliphatic carbocycles. The first-order valence-corrected chi connectivity index (χ1v) is 10.1. The number of aromatic nitrogens is 2. The number of hydrogen-bond acceptors (Lipinski definition) is 5. The minimum Gasteiger partial charge on any atom is -0.481 e. The van der Waals surface area contributed by atoms with E-state index >= 15 is 0 Å². The van der Waals surface area contributed by atoms with Gasteiger partial charge in [-0.05, 0) is 25.7 Å². The van der Waals surface area contributed by atoms with E-state index in [2.05, 4.69) is 20.4 Å². The number of nitrogens with zero attached hydrogens (tertiary/aromatic N) is 3. The summed E-state index contributed by atoms with van der Waals surface area (Å²) in [5.74, 6) is -0.944. The molecule has 0 aromatic carbocycles. The van der Waals surface area contributed by atoms with Crippen LogP contribution in [0.5, 0.6) is 0 Å². The van der Waals surface area contributed by atoms with E-state index in [1.165, 1.54) is 38.5 Å². The summed E-state index contributed by atoms with van der Waals surface area (Å²) >= 11 is 1.14. The highest BCUT2D eigenvalue weighted by molar-refractivity contribution is 7.15. The molecule has 3 rings (SSSR count). The Morgan fingerprint density at radius 3 is 2.08 bits per heavy atom. The lowest BCUT2D eigenvalue weighted by atomic mass is 9.89. The second-order valence-electron chi connectivity index (χ2n) is 6.99. The lowest BCUT2D eigenvalue weighted by Gasteiger charge is -2.41. The molecule has 25 heavy (non-hydrogen) atoms. The molecule has 2 amide bonds. The van der Waals surface area contributed by atoms with Gasteiger partial charge in [-0.2, -0.15) is 0 Å². The number of carbonyl (C=O) groups is 2. The first-order chi connectivity index (χ1) is 12.1. The fourth-order valence-corrected chi connectivity index (χ4v) is 4.73. The smallest absolute Gasteiger partial charge is 0.324 e. The number of aliphatic carboxylic acids is 1. The van der Waals surface area contributed by atoms with Gasteiger partial charge in [0.05, 0.1) is 6.42 Å². The monoisotopic (exact) mass is 366 g/mol. The number of urea groups is 1. The zero-order valence-corrected chi connectivity index (χ0v) is 15.3. The summed E-state index contributed by atoms with van der Waals surface area (Å²) in [6, 6.07) is 0.517. The Kier molecular flexibility index (Phi) is 6.23. The van der Waals surface area contributed by atoms with Gasteiger partial charge in [-0.25, -0.2) is 4.79 Å². The van der Waals surface area contributed by atoms with Crippen molar-refractivity contribution in [2.75, 3.05) is 5.32 Å². The molecule has 7 nitrogen and oxygen atoms in total. The van der Waals surface area contributed by atoms with E-state index < -0.39 is 5.97 Å². The lowest BCUT2D eigenvalue weighted by Crippen LogP contribution is -2.50. The van der Waals surface area contributed by atoms with E-state index in [1.807, 2.05) is 0 Å². The van der Waals surface area contributed by atoms with Crippen LogP contribution in [0.4, 0.5) is 9.93 Å².